The average molecular weight is 549 g/mol. The van der Waals surface area contributed by atoms with Gasteiger partial charge in [-0.2, -0.15) is 0 Å². The molecule has 0 aromatic heterocycles. The lowest BCUT2D eigenvalue weighted by molar-refractivity contribution is 0.382. The molecule has 38 heavy (non-hydrogen) atoms. The van der Waals surface area contributed by atoms with Crippen LogP contribution in [0, 0.1) is 29.1 Å². The maximum Gasteiger partial charge on any atom is 0.228 e. The molecular formula is C27H21F5NO4P. The van der Waals surface area contributed by atoms with E-state index in [-0.39, 0.29) is 22.1 Å². The third-order valence-electron chi connectivity index (χ3n) is 5.82. The molecule has 0 aliphatic carbocycles. The minimum absolute atomic E-state index is 0.0257. The van der Waals surface area contributed by atoms with E-state index in [1.165, 1.54) is 45.6 Å². The van der Waals surface area contributed by atoms with Crippen molar-refractivity contribution in [3.63, 3.8) is 0 Å². The zero-order valence-electron chi connectivity index (χ0n) is 20.3. The molecule has 4 aromatic rings. The van der Waals surface area contributed by atoms with Gasteiger partial charge in [-0.05, 0) is 59.7 Å². The van der Waals surface area contributed by atoms with Crippen molar-refractivity contribution < 1.29 is 40.7 Å². The molecule has 0 amide bonds. The fourth-order valence-electron chi connectivity index (χ4n) is 3.86. The van der Waals surface area contributed by atoms with Crippen LogP contribution in [0.5, 0.6) is 17.2 Å². The molecule has 5 nitrogen and oxygen atoms in total. The van der Waals surface area contributed by atoms with Gasteiger partial charge in [0.2, 0.25) is 13.1 Å². The summed E-state index contributed by atoms with van der Waals surface area (Å²) in [4.78, 5) is 0. The Kier molecular flexibility index (Phi) is 7.64. The molecule has 198 valence electrons. The molecule has 4 aromatic carbocycles. The van der Waals surface area contributed by atoms with Gasteiger partial charge >= 0.3 is 0 Å². The largest absolute Gasteiger partial charge is 0.497 e. The van der Waals surface area contributed by atoms with E-state index < -0.39 is 42.1 Å². The predicted octanol–water partition coefficient (Wildman–Crippen LogP) is 6.42. The molecule has 0 radical (unpaired) electrons. The van der Waals surface area contributed by atoms with E-state index in [0.29, 0.717) is 16.9 Å². The van der Waals surface area contributed by atoms with Gasteiger partial charge in [-0.1, -0.05) is 18.2 Å². The zero-order valence-corrected chi connectivity index (χ0v) is 21.2. The summed E-state index contributed by atoms with van der Waals surface area (Å²) in [6, 6.07) is 16.9. The first kappa shape index (κ1) is 27.0. The number of hydrogen-bond donors (Lipinski definition) is 1. The van der Waals surface area contributed by atoms with Crippen LogP contribution in [-0.2, 0) is 4.57 Å². The standard InChI is InChI=1S/C27H21F5NO4P/c1-35-16-7-4-6-15(12-16)20-11-10-18(37-3)14-21(20)38(34,19-9-5-8-17(13-19)36-2)33-27-25(31)23(29)22(28)24(30)26(27)32/h4-14H,1-3H3,(H,33,34). The highest BCUT2D eigenvalue weighted by Gasteiger charge is 2.36. The van der Waals surface area contributed by atoms with Gasteiger partial charge in [0, 0.05) is 10.6 Å². The van der Waals surface area contributed by atoms with Crippen LogP contribution in [0.4, 0.5) is 27.6 Å². The molecule has 0 saturated heterocycles. The van der Waals surface area contributed by atoms with E-state index in [1.807, 2.05) is 0 Å². The van der Waals surface area contributed by atoms with Crippen LogP contribution in [0.1, 0.15) is 0 Å². The van der Waals surface area contributed by atoms with Crippen LogP contribution in [0.25, 0.3) is 11.1 Å². The third-order valence-corrected chi connectivity index (χ3v) is 8.41. The maximum absolute atomic E-state index is 15.0. The molecule has 0 aliphatic rings. The molecule has 0 bridgehead atoms. The van der Waals surface area contributed by atoms with Crippen LogP contribution in [0.15, 0.2) is 66.7 Å². The summed E-state index contributed by atoms with van der Waals surface area (Å²) in [7, 11) is -0.275. The van der Waals surface area contributed by atoms with E-state index in [4.69, 9.17) is 14.2 Å². The number of rotatable bonds is 8. The lowest BCUT2D eigenvalue weighted by Crippen LogP contribution is -2.25. The molecule has 4 rings (SSSR count). The van der Waals surface area contributed by atoms with Crippen molar-refractivity contribution in [3.8, 4) is 28.4 Å². The van der Waals surface area contributed by atoms with Gasteiger partial charge in [0.15, 0.2) is 23.3 Å². The Balaban J connectivity index is 2.07. The van der Waals surface area contributed by atoms with Gasteiger partial charge in [-0.25, -0.2) is 22.0 Å². The first-order chi connectivity index (χ1) is 18.1. The van der Waals surface area contributed by atoms with Crippen molar-refractivity contribution in [2.45, 2.75) is 0 Å². The average Bonchev–Trinajstić information content (AvgIpc) is 2.96. The molecule has 11 heteroatoms. The van der Waals surface area contributed by atoms with Gasteiger partial charge < -0.3 is 19.3 Å². The van der Waals surface area contributed by atoms with Gasteiger partial charge in [0.05, 0.1) is 21.3 Å². The Morgan fingerprint density at radius 3 is 1.76 bits per heavy atom. The highest BCUT2D eigenvalue weighted by atomic mass is 31.2. The van der Waals surface area contributed by atoms with Crippen LogP contribution in [0.3, 0.4) is 0 Å². The van der Waals surface area contributed by atoms with Crippen LogP contribution >= 0.6 is 7.29 Å². The van der Waals surface area contributed by atoms with Gasteiger partial charge in [0.1, 0.15) is 22.9 Å². The van der Waals surface area contributed by atoms with Crippen molar-refractivity contribution in [2.24, 2.45) is 0 Å². The molecule has 0 saturated carbocycles. The van der Waals surface area contributed by atoms with Gasteiger partial charge in [-0.15, -0.1) is 0 Å². The normalized spacial score (nSPS) is 12.5. The number of anilines is 1. The predicted molar refractivity (Wildman–Crippen MR) is 135 cm³/mol. The maximum atomic E-state index is 15.0. The fourth-order valence-corrected chi connectivity index (χ4v) is 6.36. The van der Waals surface area contributed by atoms with Crippen molar-refractivity contribution in [1.82, 2.24) is 0 Å². The quantitative estimate of drug-likeness (QED) is 0.119. The van der Waals surface area contributed by atoms with Gasteiger partial charge in [-0.3, -0.25) is 4.57 Å². The summed E-state index contributed by atoms with van der Waals surface area (Å²) >= 11 is 0. The minimum atomic E-state index is -4.45. The van der Waals surface area contributed by atoms with Crippen LogP contribution in [-0.4, -0.2) is 21.3 Å². The Labute approximate surface area is 215 Å². The summed E-state index contributed by atoms with van der Waals surface area (Å²) in [5.41, 5.74) is -0.608. The smallest absolute Gasteiger partial charge is 0.228 e. The SMILES string of the molecule is COc1cccc(-c2ccc(OC)cc2P(=O)(Nc2c(F)c(F)c(F)c(F)c2F)c2cccc(OC)c2)c1. The Morgan fingerprint density at radius 2 is 1.16 bits per heavy atom. The van der Waals surface area contributed by atoms with E-state index in [1.54, 1.807) is 42.5 Å². The highest BCUT2D eigenvalue weighted by Crippen LogP contribution is 2.49. The van der Waals surface area contributed by atoms with E-state index in [0.717, 1.165) is 0 Å². The lowest BCUT2D eigenvalue weighted by atomic mass is 10.1. The molecule has 0 fully saturated rings. The molecule has 1 atom stereocenters. The summed E-state index contributed by atoms with van der Waals surface area (Å²) in [5, 5.41) is 2.14. The number of ether oxygens (including phenoxy) is 3. The molecule has 0 aliphatic heterocycles. The van der Waals surface area contributed by atoms with Gasteiger partial charge in [0.25, 0.3) is 0 Å². The fraction of sp³-hybridized carbons (Fsp3) is 0.111. The van der Waals surface area contributed by atoms with E-state index in [9.17, 15) is 26.5 Å². The second-order valence-electron chi connectivity index (χ2n) is 7.98. The molecule has 0 spiro atoms. The minimum Gasteiger partial charge on any atom is -0.497 e. The summed E-state index contributed by atoms with van der Waals surface area (Å²) in [6.07, 6.45) is 0. The van der Waals surface area contributed by atoms with Crippen LogP contribution in [0.2, 0.25) is 0 Å². The molecule has 1 N–H and O–H groups in total. The first-order valence-corrected chi connectivity index (χ1v) is 12.7. The Bertz CT molecular complexity index is 1530. The van der Waals surface area contributed by atoms with Crippen molar-refractivity contribution in [1.29, 1.82) is 0 Å². The topological polar surface area (TPSA) is 56.8 Å². The lowest BCUT2D eigenvalue weighted by Gasteiger charge is -2.26. The number of nitrogens with one attached hydrogen (secondary N) is 1. The van der Waals surface area contributed by atoms with Crippen LogP contribution < -0.4 is 29.9 Å². The second-order valence-corrected chi connectivity index (χ2v) is 10.4. The Hall–Kier alpha value is -4.04. The molecular weight excluding hydrogens is 528 g/mol. The zero-order chi connectivity index (χ0) is 27.6. The number of methoxy groups -OCH3 is 3. The summed E-state index contributed by atoms with van der Waals surface area (Å²) in [6.45, 7) is 0. The number of halogens is 5. The van der Waals surface area contributed by atoms with E-state index in [2.05, 4.69) is 5.09 Å². The Morgan fingerprint density at radius 1 is 0.632 bits per heavy atom. The van der Waals surface area contributed by atoms with Crippen molar-refractivity contribution in [3.05, 3.63) is 95.8 Å². The summed E-state index contributed by atoms with van der Waals surface area (Å²) in [5.74, 6) is -10.1. The second kappa shape index (κ2) is 10.8. The third kappa shape index (κ3) is 4.79. The van der Waals surface area contributed by atoms with E-state index >= 15 is 0 Å². The highest BCUT2D eigenvalue weighted by molar-refractivity contribution is 7.80. The number of hydrogen-bond acceptors (Lipinski definition) is 4. The van der Waals surface area contributed by atoms with Crippen molar-refractivity contribution in [2.75, 3.05) is 26.4 Å². The monoisotopic (exact) mass is 549 g/mol. The summed E-state index contributed by atoms with van der Waals surface area (Å²) < 4.78 is 102. The molecule has 0 heterocycles. The van der Waals surface area contributed by atoms with Crippen molar-refractivity contribution >= 4 is 23.6 Å². The first-order valence-electron chi connectivity index (χ1n) is 11.0. The number of benzene rings is 4. The molecule has 1 unspecified atom stereocenters.